The van der Waals surface area contributed by atoms with Gasteiger partial charge in [0.1, 0.15) is 42.0 Å². The SMILES string of the molecule is CC[C@H](C)[C@H](NC(=O)[C@H](Cc1ccc(O)cc1)NC(=O)[C@@H](NC(=O)[C@H](CCCN=C(N)N)NC(=O)CNC)C(C)C)C(=O)N[C@@H](Cc1cnc[nH]1)C(=O)N1CCC[C@H]1C(=O)N[C@H](C(=O)O)[C@@H](C)OC. The molecular formula is C45H71N13O11. The van der Waals surface area contributed by atoms with E-state index in [2.05, 4.69) is 52.2 Å². The van der Waals surface area contributed by atoms with Gasteiger partial charge in [0.2, 0.25) is 41.4 Å². The lowest BCUT2D eigenvalue weighted by molar-refractivity contribution is -0.147. The van der Waals surface area contributed by atoms with Crippen LogP contribution >= 0.6 is 0 Å². The van der Waals surface area contributed by atoms with E-state index in [0.717, 1.165) is 0 Å². The van der Waals surface area contributed by atoms with Crippen LogP contribution in [0.5, 0.6) is 5.75 Å². The topological polar surface area (TPSA) is 367 Å². The summed E-state index contributed by atoms with van der Waals surface area (Å²) in [5.74, 6) is -7.32. The Labute approximate surface area is 401 Å². The second-order valence-corrected chi connectivity index (χ2v) is 17.4. The van der Waals surface area contributed by atoms with Crippen molar-refractivity contribution in [2.45, 2.75) is 128 Å². The zero-order valence-electron chi connectivity index (χ0n) is 40.4. The number of methoxy groups -OCH3 is 1. The average Bonchev–Trinajstić information content (AvgIpc) is 4.02. The highest BCUT2D eigenvalue weighted by atomic mass is 16.5. The number of guanidine groups is 1. The third-order valence-corrected chi connectivity index (χ3v) is 11.8. The highest BCUT2D eigenvalue weighted by Crippen LogP contribution is 2.21. The van der Waals surface area contributed by atoms with E-state index >= 15 is 0 Å². The number of carboxylic acids is 1. The van der Waals surface area contributed by atoms with Crippen LogP contribution in [0.3, 0.4) is 0 Å². The molecule has 1 aliphatic rings. The number of nitrogens with one attached hydrogen (secondary N) is 8. The number of carbonyl (C=O) groups excluding carboxylic acids is 7. The number of ether oxygens (including phenoxy) is 1. The van der Waals surface area contributed by atoms with Crippen molar-refractivity contribution >= 4 is 53.3 Å². The lowest BCUT2D eigenvalue weighted by atomic mass is 9.96. The monoisotopic (exact) mass is 970 g/mol. The molecule has 24 heteroatoms. The van der Waals surface area contributed by atoms with Gasteiger partial charge in [0.15, 0.2) is 12.0 Å². The van der Waals surface area contributed by atoms with Crippen LogP contribution in [0.25, 0.3) is 0 Å². The number of benzene rings is 1. The van der Waals surface area contributed by atoms with Crippen molar-refractivity contribution in [1.82, 2.24) is 52.1 Å². The van der Waals surface area contributed by atoms with E-state index in [4.69, 9.17) is 16.2 Å². The molecule has 69 heavy (non-hydrogen) atoms. The predicted octanol–water partition coefficient (Wildman–Crippen LogP) is -2.11. The summed E-state index contributed by atoms with van der Waals surface area (Å²) in [6, 6.07) is -2.74. The molecule has 1 aromatic heterocycles. The summed E-state index contributed by atoms with van der Waals surface area (Å²) in [4.78, 5) is 122. The number of phenolic OH excluding ortho intramolecular Hbond substituents is 1. The van der Waals surface area contributed by atoms with E-state index in [1.165, 1.54) is 43.6 Å². The van der Waals surface area contributed by atoms with Crippen LogP contribution in [-0.4, -0.2) is 161 Å². The maximum absolute atomic E-state index is 14.5. The first-order chi connectivity index (χ1) is 32.7. The number of rotatable bonds is 28. The summed E-state index contributed by atoms with van der Waals surface area (Å²) in [5, 5.41) is 38.6. The number of hydrogen-bond acceptors (Lipinski definition) is 13. The Morgan fingerprint density at radius 2 is 1.49 bits per heavy atom. The number of aromatic hydroxyl groups is 1. The number of carboxylic acid groups (broad SMARTS) is 1. The second kappa shape index (κ2) is 27.9. The van der Waals surface area contributed by atoms with Crippen molar-refractivity contribution in [3.63, 3.8) is 0 Å². The molecule has 14 N–H and O–H groups in total. The van der Waals surface area contributed by atoms with Crippen molar-refractivity contribution in [3.8, 4) is 5.75 Å². The molecular weight excluding hydrogens is 899 g/mol. The van der Waals surface area contributed by atoms with Gasteiger partial charge in [0.05, 0.1) is 19.0 Å². The molecule has 24 nitrogen and oxygen atoms in total. The molecule has 0 unspecified atom stereocenters. The molecule has 0 bridgehead atoms. The van der Waals surface area contributed by atoms with Crippen LogP contribution in [0.4, 0.5) is 0 Å². The second-order valence-electron chi connectivity index (χ2n) is 17.4. The number of aliphatic carboxylic acids is 1. The Kier molecular flexibility index (Phi) is 22.8. The van der Waals surface area contributed by atoms with Crippen molar-refractivity contribution < 1.29 is 53.3 Å². The van der Waals surface area contributed by atoms with Gasteiger partial charge in [-0.05, 0) is 69.2 Å². The highest BCUT2D eigenvalue weighted by molar-refractivity contribution is 5.98. The lowest BCUT2D eigenvalue weighted by Crippen LogP contribution is -2.62. The number of aromatic nitrogens is 2. The van der Waals surface area contributed by atoms with Gasteiger partial charge in [-0.25, -0.2) is 9.78 Å². The number of likely N-dealkylation sites (tertiary alicyclic amines) is 1. The van der Waals surface area contributed by atoms with E-state index in [-0.39, 0.29) is 57.0 Å². The summed E-state index contributed by atoms with van der Waals surface area (Å²) in [6.07, 6.45) is 3.23. The van der Waals surface area contributed by atoms with Crippen molar-refractivity contribution in [2.24, 2.45) is 28.3 Å². The molecule has 0 radical (unpaired) electrons. The zero-order chi connectivity index (χ0) is 51.4. The van der Waals surface area contributed by atoms with Crippen LogP contribution < -0.4 is 48.7 Å². The number of H-pyrrole nitrogens is 1. The molecule has 0 aliphatic carbocycles. The number of nitrogens with zero attached hydrogens (tertiary/aromatic N) is 3. The minimum absolute atomic E-state index is 0.0419. The van der Waals surface area contributed by atoms with Gasteiger partial charge in [-0.2, -0.15) is 0 Å². The smallest absolute Gasteiger partial charge is 0.328 e. The number of likely N-dealkylation sites (N-methyl/N-ethyl adjacent to an activating group) is 1. The first kappa shape index (κ1) is 56.5. The summed E-state index contributed by atoms with van der Waals surface area (Å²) in [5.41, 5.74) is 11.9. The van der Waals surface area contributed by atoms with Crippen LogP contribution in [0.2, 0.25) is 0 Å². The molecule has 1 aliphatic heterocycles. The number of nitrogens with two attached hydrogens (primary N) is 2. The summed E-state index contributed by atoms with van der Waals surface area (Å²) in [6.45, 7) is 8.60. The zero-order valence-corrected chi connectivity index (χ0v) is 40.4. The minimum Gasteiger partial charge on any atom is -0.508 e. The third kappa shape index (κ3) is 17.7. The molecule has 1 saturated heterocycles. The van der Waals surface area contributed by atoms with Gasteiger partial charge in [0, 0.05) is 44.9 Å². The predicted molar refractivity (Wildman–Crippen MR) is 253 cm³/mol. The Morgan fingerprint density at radius 1 is 0.855 bits per heavy atom. The number of hydrogen-bond donors (Lipinski definition) is 12. The largest absolute Gasteiger partial charge is 0.508 e. The first-order valence-electron chi connectivity index (χ1n) is 23.0. The number of aromatic amines is 1. The number of carbonyl (C=O) groups is 8. The van der Waals surface area contributed by atoms with E-state index in [1.54, 1.807) is 46.9 Å². The molecule has 3 rings (SSSR count). The standard InChI is InChI=1S/C45H71N13O11/c1-8-25(4)36(42(65)54-32(20-28-21-49-23-51-28)43(66)58-18-10-12-33(58)40(63)57-37(44(67)68)26(5)69-7)56-39(62)31(19-27-13-15-29(59)16-14-27)53-41(64)35(24(2)3)55-38(61)30(52-34(60)22-48-6)11-9-17-50-45(46)47/h13-16,21,23-26,30-33,35-37,48,59H,8-12,17-20,22H2,1-7H3,(H,49,51)(H,52,60)(H,53,64)(H,54,65)(H,55,61)(H,56,62)(H,57,63)(H,67,68)(H4,46,47,50)/t25-,26+,30-,31-,32-,33-,35-,36-,37-/m0/s1. The third-order valence-electron chi connectivity index (χ3n) is 11.8. The van der Waals surface area contributed by atoms with Gasteiger partial charge in [-0.1, -0.05) is 46.2 Å². The minimum atomic E-state index is -1.40. The fourth-order valence-electron chi connectivity index (χ4n) is 7.61. The Morgan fingerprint density at radius 3 is 2.07 bits per heavy atom. The number of phenols is 1. The highest BCUT2D eigenvalue weighted by Gasteiger charge is 2.41. The van der Waals surface area contributed by atoms with Crippen molar-refractivity contribution in [3.05, 3.63) is 48.0 Å². The molecule has 1 fully saturated rings. The molecule has 2 heterocycles. The number of amides is 7. The summed E-state index contributed by atoms with van der Waals surface area (Å²) in [7, 11) is 2.87. The Bertz CT molecular complexity index is 2070. The van der Waals surface area contributed by atoms with E-state index in [1.807, 2.05) is 0 Å². The lowest BCUT2D eigenvalue weighted by Gasteiger charge is -2.32. The van der Waals surface area contributed by atoms with Crippen LogP contribution in [0.1, 0.15) is 78.0 Å². The fraction of sp³-hybridized carbons (Fsp3) is 0.600. The van der Waals surface area contributed by atoms with Crippen molar-refractivity contribution in [2.75, 3.05) is 33.8 Å². The van der Waals surface area contributed by atoms with E-state index in [9.17, 15) is 48.6 Å². The quantitative estimate of drug-likeness (QED) is 0.0247. The van der Waals surface area contributed by atoms with Crippen LogP contribution in [0.15, 0.2) is 41.8 Å². The summed E-state index contributed by atoms with van der Waals surface area (Å²) < 4.78 is 5.15. The van der Waals surface area contributed by atoms with Gasteiger partial charge < -0.3 is 73.5 Å². The van der Waals surface area contributed by atoms with Gasteiger partial charge >= 0.3 is 5.97 Å². The van der Waals surface area contributed by atoms with Crippen LogP contribution in [0, 0.1) is 11.8 Å². The maximum Gasteiger partial charge on any atom is 0.328 e. The van der Waals surface area contributed by atoms with Gasteiger partial charge in [-0.15, -0.1) is 0 Å². The maximum atomic E-state index is 14.5. The fourth-order valence-corrected chi connectivity index (χ4v) is 7.61. The number of aliphatic imine (C=N–C) groups is 1. The normalized spacial score (nSPS) is 16.9. The molecule has 382 valence electrons. The Hall–Kier alpha value is -6.82. The summed E-state index contributed by atoms with van der Waals surface area (Å²) >= 11 is 0. The number of imidazole rings is 1. The first-order valence-corrected chi connectivity index (χ1v) is 23.0. The van der Waals surface area contributed by atoms with Crippen molar-refractivity contribution in [1.29, 1.82) is 0 Å². The molecule has 2 aromatic rings. The molecule has 0 spiro atoms. The molecule has 7 amide bonds. The van der Waals surface area contributed by atoms with Crippen LogP contribution in [-0.2, 0) is 55.9 Å². The van der Waals surface area contributed by atoms with E-state index in [0.29, 0.717) is 30.5 Å². The molecule has 9 atom stereocenters. The van der Waals surface area contributed by atoms with Gasteiger partial charge in [-0.3, -0.25) is 38.6 Å². The van der Waals surface area contributed by atoms with E-state index < -0.39 is 108 Å². The Balaban J connectivity index is 1.92. The van der Waals surface area contributed by atoms with Gasteiger partial charge in [0.25, 0.3) is 0 Å². The molecule has 1 aromatic carbocycles. The molecule has 0 saturated carbocycles. The average molecular weight is 970 g/mol.